The molecule has 0 bridgehead atoms. The number of carbonyl (C=O) groups is 2. The maximum absolute atomic E-state index is 13.9. The number of likely N-dealkylation sites (tertiary alicyclic amines) is 1. The first-order valence-corrected chi connectivity index (χ1v) is 10.8. The third-order valence-corrected chi connectivity index (χ3v) is 5.66. The summed E-state index contributed by atoms with van der Waals surface area (Å²) in [5.41, 5.74) is 0.581. The molecule has 1 heterocycles. The molecule has 0 saturated carbocycles. The maximum atomic E-state index is 13.9. The van der Waals surface area contributed by atoms with E-state index in [9.17, 15) is 14.0 Å². The number of nitrogens with zero attached hydrogens (tertiary/aromatic N) is 1. The van der Waals surface area contributed by atoms with Crippen molar-refractivity contribution in [3.05, 3.63) is 95.8 Å². The minimum absolute atomic E-state index is 0.106. The molecule has 1 aliphatic rings. The van der Waals surface area contributed by atoms with Crippen LogP contribution in [0, 0.1) is 11.7 Å². The SMILES string of the molecule is O=C(NCC1CCN(C(=O)c2ccccc2F)CC1)c1ccccc1Oc1ccccc1. The molecule has 3 aromatic carbocycles. The number of hydrogen-bond acceptors (Lipinski definition) is 3. The minimum atomic E-state index is -0.497. The highest BCUT2D eigenvalue weighted by atomic mass is 19.1. The van der Waals surface area contributed by atoms with Crippen molar-refractivity contribution in [3.63, 3.8) is 0 Å². The topological polar surface area (TPSA) is 58.6 Å². The Morgan fingerprint density at radius 1 is 0.875 bits per heavy atom. The molecule has 2 amide bonds. The van der Waals surface area contributed by atoms with E-state index in [1.54, 1.807) is 35.2 Å². The van der Waals surface area contributed by atoms with Crippen LogP contribution in [0.25, 0.3) is 0 Å². The van der Waals surface area contributed by atoms with Gasteiger partial charge in [0.25, 0.3) is 11.8 Å². The molecule has 1 fully saturated rings. The van der Waals surface area contributed by atoms with Gasteiger partial charge < -0.3 is 15.0 Å². The number of carbonyl (C=O) groups excluding carboxylic acids is 2. The Hall–Kier alpha value is -3.67. The number of halogens is 1. The van der Waals surface area contributed by atoms with Gasteiger partial charge in [-0.05, 0) is 55.2 Å². The zero-order valence-corrected chi connectivity index (χ0v) is 17.7. The van der Waals surface area contributed by atoms with Gasteiger partial charge in [-0.2, -0.15) is 0 Å². The van der Waals surface area contributed by atoms with E-state index in [-0.39, 0.29) is 23.3 Å². The smallest absolute Gasteiger partial charge is 0.256 e. The fraction of sp³-hybridized carbons (Fsp3) is 0.231. The first-order valence-electron chi connectivity index (χ1n) is 10.8. The molecule has 6 heteroatoms. The highest BCUT2D eigenvalue weighted by Gasteiger charge is 2.25. The first kappa shape index (κ1) is 21.6. The van der Waals surface area contributed by atoms with Crippen molar-refractivity contribution in [1.82, 2.24) is 10.2 Å². The van der Waals surface area contributed by atoms with E-state index in [0.717, 1.165) is 12.8 Å². The number of rotatable bonds is 6. The van der Waals surface area contributed by atoms with E-state index in [4.69, 9.17) is 4.74 Å². The van der Waals surface area contributed by atoms with Crippen molar-refractivity contribution in [1.29, 1.82) is 0 Å². The second-order valence-corrected chi connectivity index (χ2v) is 7.84. The van der Waals surface area contributed by atoms with Gasteiger partial charge >= 0.3 is 0 Å². The van der Waals surface area contributed by atoms with Gasteiger partial charge in [0.05, 0.1) is 11.1 Å². The molecular weight excluding hydrogens is 407 g/mol. The Bertz CT molecular complexity index is 1080. The zero-order valence-electron chi connectivity index (χ0n) is 17.7. The largest absolute Gasteiger partial charge is 0.457 e. The fourth-order valence-corrected chi connectivity index (χ4v) is 3.84. The van der Waals surface area contributed by atoms with Crippen molar-refractivity contribution < 1.29 is 18.7 Å². The lowest BCUT2D eigenvalue weighted by molar-refractivity contribution is 0.0679. The van der Waals surface area contributed by atoms with Gasteiger partial charge in [-0.3, -0.25) is 9.59 Å². The maximum Gasteiger partial charge on any atom is 0.256 e. The number of para-hydroxylation sites is 2. The van der Waals surface area contributed by atoms with Crippen LogP contribution in [0.15, 0.2) is 78.9 Å². The van der Waals surface area contributed by atoms with Gasteiger partial charge in [0.2, 0.25) is 0 Å². The summed E-state index contributed by atoms with van der Waals surface area (Å²) in [4.78, 5) is 27.0. The van der Waals surface area contributed by atoms with Crippen LogP contribution in [-0.4, -0.2) is 36.3 Å². The standard InChI is InChI=1S/C26H25FN2O3/c27-23-12-6-4-10-21(23)26(31)29-16-14-19(15-17-29)18-28-25(30)22-11-5-7-13-24(22)32-20-8-2-1-3-9-20/h1-13,19H,14-18H2,(H,28,30). The molecule has 0 radical (unpaired) electrons. The Morgan fingerprint density at radius 3 is 2.22 bits per heavy atom. The minimum Gasteiger partial charge on any atom is -0.457 e. The molecule has 0 aliphatic carbocycles. The fourth-order valence-electron chi connectivity index (χ4n) is 3.84. The van der Waals surface area contributed by atoms with Gasteiger partial charge in [0, 0.05) is 19.6 Å². The van der Waals surface area contributed by atoms with Crippen LogP contribution in [-0.2, 0) is 0 Å². The summed E-state index contributed by atoms with van der Waals surface area (Å²) in [6, 6.07) is 22.5. The summed E-state index contributed by atoms with van der Waals surface area (Å²) in [7, 11) is 0. The Kier molecular flexibility index (Phi) is 6.80. The van der Waals surface area contributed by atoms with Crippen LogP contribution in [0.2, 0.25) is 0 Å². The zero-order chi connectivity index (χ0) is 22.3. The Balaban J connectivity index is 1.30. The quantitative estimate of drug-likeness (QED) is 0.603. The Labute approximate surface area is 186 Å². The average molecular weight is 432 g/mol. The lowest BCUT2D eigenvalue weighted by Crippen LogP contribution is -2.41. The average Bonchev–Trinajstić information content (AvgIpc) is 2.84. The lowest BCUT2D eigenvalue weighted by atomic mass is 9.96. The second kappa shape index (κ2) is 10.1. The molecule has 4 rings (SSSR count). The number of benzene rings is 3. The molecular formula is C26H25FN2O3. The first-order chi connectivity index (χ1) is 15.6. The highest BCUT2D eigenvalue weighted by Crippen LogP contribution is 2.25. The molecule has 164 valence electrons. The number of hydrogen-bond donors (Lipinski definition) is 1. The van der Waals surface area contributed by atoms with Gasteiger partial charge in [-0.15, -0.1) is 0 Å². The molecule has 5 nitrogen and oxygen atoms in total. The van der Waals surface area contributed by atoms with Crippen LogP contribution in [0.5, 0.6) is 11.5 Å². The van der Waals surface area contributed by atoms with Crippen molar-refractivity contribution in [2.75, 3.05) is 19.6 Å². The molecule has 1 saturated heterocycles. The molecule has 0 aromatic heterocycles. The summed E-state index contributed by atoms with van der Waals surface area (Å²) in [6.45, 7) is 1.60. The van der Waals surface area contributed by atoms with E-state index < -0.39 is 5.82 Å². The van der Waals surface area contributed by atoms with Gasteiger partial charge in [0.15, 0.2) is 0 Å². The highest BCUT2D eigenvalue weighted by molar-refractivity contribution is 5.97. The number of nitrogens with one attached hydrogen (secondary N) is 1. The van der Waals surface area contributed by atoms with E-state index in [0.29, 0.717) is 36.7 Å². The van der Waals surface area contributed by atoms with Crippen LogP contribution in [0.4, 0.5) is 4.39 Å². The van der Waals surface area contributed by atoms with Crippen molar-refractivity contribution >= 4 is 11.8 Å². The monoisotopic (exact) mass is 432 g/mol. The van der Waals surface area contributed by atoms with Crippen LogP contribution >= 0.6 is 0 Å². The normalized spacial score (nSPS) is 14.1. The van der Waals surface area contributed by atoms with Gasteiger partial charge in [0.1, 0.15) is 17.3 Å². The number of amides is 2. The van der Waals surface area contributed by atoms with E-state index in [1.807, 2.05) is 36.4 Å². The molecule has 1 N–H and O–H groups in total. The van der Waals surface area contributed by atoms with E-state index in [1.165, 1.54) is 12.1 Å². The van der Waals surface area contributed by atoms with Gasteiger partial charge in [-0.1, -0.05) is 42.5 Å². The molecule has 0 spiro atoms. The molecule has 3 aromatic rings. The Morgan fingerprint density at radius 2 is 1.50 bits per heavy atom. The number of piperidine rings is 1. The van der Waals surface area contributed by atoms with Gasteiger partial charge in [-0.25, -0.2) is 4.39 Å². The molecule has 0 unspecified atom stereocenters. The van der Waals surface area contributed by atoms with Crippen molar-refractivity contribution in [3.8, 4) is 11.5 Å². The third kappa shape index (κ3) is 5.14. The summed E-state index contributed by atoms with van der Waals surface area (Å²) in [6.07, 6.45) is 1.51. The second-order valence-electron chi connectivity index (χ2n) is 7.84. The summed E-state index contributed by atoms with van der Waals surface area (Å²) >= 11 is 0. The molecule has 32 heavy (non-hydrogen) atoms. The van der Waals surface area contributed by atoms with E-state index in [2.05, 4.69) is 5.32 Å². The predicted molar refractivity (Wildman–Crippen MR) is 120 cm³/mol. The van der Waals surface area contributed by atoms with Crippen LogP contribution in [0.1, 0.15) is 33.6 Å². The van der Waals surface area contributed by atoms with Crippen molar-refractivity contribution in [2.45, 2.75) is 12.8 Å². The number of ether oxygens (including phenoxy) is 1. The van der Waals surface area contributed by atoms with Crippen LogP contribution in [0.3, 0.4) is 0 Å². The van der Waals surface area contributed by atoms with E-state index >= 15 is 0 Å². The third-order valence-electron chi connectivity index (χ3n) is 5.66. The summed E-state index contributed by atoms with van der Waals surface area (Å²) in [5.74, 6) is 0.453. The van der Waals surface area contributed by atoms with Crippen LogP contribution < -0.4 is 10.1 Å². The predicted octanol–water partition coefficient (Wildman–Crippen LogP) is 4.90. The molecule has 0 atom stereocenters. The van der Waals surface area contributed by atoms with Crippen molar-refractivity contribution in [2.24, 2.45) is 5.92 Å². The summed E-state index contributed by atoms with van der Waals surface area (Å²) in [5, 5.41) is 3.00. The lowest BCUT2D eigenvalue weighted by Gasteiger charge is -2.32. The summed E-state index contributed by atoms with van der Waals surface area (Å²) < 4.78 is 19.8. The molecule has 1 aliphatic heterocycles.